The molecule has 0 saturated carbocycles. The molecule has 1 aliphatic heterocycles. The first-order valence-corrected chi connectivity index (χ1v) is 5.94. The van der Waals surface area contributed by atoms with Crippen molar-refractivity contribution in [2.75, 3.05) is 5.75 Å². The fourth-order valence-corrected chi connectivity index (χ4v) is 3.29. The van der Waals surface area contributed by atoms with Gasteiger partial charge in [0.2, 0.25) is 0 Å². The Morgan fingerprint density at radius 2 is 2.14 bits per heavy atom. The summed E-state index contributed by atoms with van der Waals surface area (Å²) in [5.74, 6) is -0.536. The second-order valence-electron chi connectivity index (χ2n) is 3.40. The Morgan fingerprint density at radius 3 is 2.86 bits per heavy atom. The molecule has 0 spiro atoms. The van der Waals surface area contributed by atoms with Crippen molar-refractivity contribution in [3.63, 3.8) is 0 Å². The van der Waals surface area contributed by atoms with Crippen molar-refractivity contribution in [3.05, 3.63) is 29.6 Å². The van der Waals surface area contributed by atoms with Crippen LogP contribution in [-0.2, 0) is 9.84 Å². The SMILES string of the molecule is N[C@@H]1CCS(=O)(=O)c2cc(F)ccc21. The molecular formula is C9H10FNO2S. The van der Waals surface area contributed by atoms with Crippen LogP contribution < -0.4 is 5.73 Å². The van der Waals surface area contributed by atoms with Gasteiger partial charge in [-0.05, 0) is 24.1 Å². The molecule has 2 rings (SSSR count). The van der Waals surface area contributed by atoms with E-state index in [1.807, 2.05) is 0 Å². The van der Waals surface area contributed by atoms with E-state index in [-0.39, 0.29) is 16.7 Å². The van der Waals surface area contributed by atoms with Gasteiger partial charge < -0.3 is 5.73 Å². The van der Waals surface area contributed by atoms with E-state index in [0.29, 0.717) is 12.0 Å². The smallest absolute Gasteiger partial charge is 0.178 e. The molecule has 0 bridgehead atoms. The van der Waals surface area contributed by atoms with Crippen molar-refractivity contribution in [2.24, 2.45) is 5.73 Å². The van der Waals surface area contributed by atoms with Gasteiger partial charge in [0.1, 0.15) is 5.82 Å². The van der Waals surface area contributed by atoms with Crippen molar-refractivity contribution < 1.29 is 12.8 Å². The van der Waals surface area contributed by atoms with Gasteiger partial charge in [-0.3, -0.25) is 0 Å². The van der Waals surface area contributed by atoms with Gasteiger partial charge in [0.15, 0.2) is 9.84 Å². The molecule has 14 heavy (non-hydrogen) atoms. The molecule has 1 aromatic carbocycles. The fourth-order valence-electron chi connectivity index (χ4n) is 1.63. The number of fused-ring (bicyclic) bond motifs is 1. The Kier molecular flexibility index (Phi) is 2.08. The number of hydrogen-bond acceptors (Lipinski definition) is 3. The van der Waals surface area contributed by atoms with Crippen molar-refractivity contribution in [2.45, 2.75) is 17.4 Å². The van der Waals surface area contributed by atoms with Crippen LogP contribution in [0.4, 0.5) is 4.39 Å². The largest absolute Gasteiger partial charge is 0.324 e. The molecule has 0 fully saturated rings. The summed E-state index contributed by atoms with van der Waals surface area (Å²) < 4.78 is 36.0. The molecule has 0 radical (unpaired) electrons. The molecule has 0 aliphatic carbocycles. The molecule has 3 nitrogen and oxygen atoms in total. The average Bonchev–Trinajstić information content (AvgIpc) is 2.12. The number of benzene rings is 1. The quantitative estimate of drug-likeness (QED) is 0.702. The summed E-state index contributed by atoms with van der Waals surface area (Å²) in [4.78, 5) is 0.0521. The van der Waals surface area contributed by atoms with E-state index < -0.39 is 15.7 Å². The number of sulfone groups is 1. The van der Waals surface area contributed by atoms with Crippen LogP contribution in [0.1, 0.15) is 18.0 Å². The number of rotatable bonds is 0. The zero-order valence-electron chi connectivity index (χ0n) is 7.40. The molecule has 0 amide bonds. The fraction of sp³-hybridized carbons (Fsp3) is 0.333. The van der Waals surface area contributed by atoms with Crippen LogP contribution in [0.2, 0.25) is 0 Å². The molecule has 1 aromatic rings. The maximum atomic E-state index is 12.9. The number of halogens is 1. The lowest BCUT2D eigenvalue weighted by atomic mass is 10.1. The Balaban J connectivity index is 2.70. The Hall–Kier alpha value is -0.940. The van der Waals surface area contributed by atoms with Crippen LogP contribution in [0.5, 0.6) is 0 Å². The normalized spacial score (nSPS) is 24.3. The lowest BCUT2D eigenvalue weighted by molar-refractivity contribution is 0.561. The summed E-state index contributed by atoms with van der Waals surface area (Å²) in [6.07, 6.45) is 0.404. The summed E-state index contributed by atoms with van der Waals surface area (Å²) in [5, 5.41) is 0. The Morgan fingerprint density at radius 1 is 1.43 bits per heavy atom. The second kappa shape index (κ2) is 3.03. The monoisotopic (exact) mass is 215 g/mol. The zero-order valence-corrected chi connectivity index (χ0v) is 8.22. The molecular weight excluding hydrogens is 205 g/mol. The summed E-state index contributed by atoms with van der Waals surface area (Å²) in [6.45, 7) is 0. The average molecular weight is 215 g/mol. The highest BCUT2D eigenvalue weighted by molar-refractivity contribution is 7.91. The topological polar surface area (TPSA) is 60.2 Å². The van der Waals surface area contributed by atoms with Gasteiger partial charge in [-0.25, -0.2) is 12.8 Å². The van der Waals surface area contributed by atoms with Crippen LogP contribution in [0.3, 0.4) is 0 Å². The molecule has 0 aromatic heterocycles. The van der Waals surface area contributed by atoms with Crippen LogP contribution in [0, 0.1) is 5.82 Å². The Bertz CT molecular complexity index is 470. The summed E-state index contributed by atoms with van der Waals surface area (Å²) in [6, 6.07) is 3.43. The molecule has 1 aliphatic rings. The standard InChI is InChI=1S/C9H10FNO2S/c10-6-1-2-7-8(11)3-4-14(12,13)9(7)5-6/h1-2,5,8H,3-4,11H2/t8-/m1/s1. The van der Waals surface area contributed by atoms with E-state index in [2.05, 4.69) is 0 Å². The predicted octanol–water partition coefficient (Wildman–Crippen LogP) is 1.00. The number of nitrogens with two attached hydrogens (primary N) is 1. The third kappa shape index (κ3) is 1.42. The van der Waals surface area contributed by atoms with Crippen molar-refractivity contribution in [3.8, 4) is 0 Å². The van der Waals surface area contributed by atoms with Crippen molar-refractivity contribution >= 4 is 9.84 Å². The maximum absolute atomic E-state index is 12.9. The highest BCUT2D eigenvalue weighted by Gasteiger charge is 2.28. The van der Waals surface area contributed by atoms with Crippen LogP contribution >= 0.6 is 0 Å². The van der Waals surface area contributed by atoms with Crippen molar-refractivity contribution in [1.82, 2.24) is 0 Å². The molecule has 5 heteroatoms. The zero-order chi connectivity index (χ0) is 10.3. The van der Waals surface area contributed by atoms with Gasteiger partial charge in [-0.15, -0.1) is 0 Å². The first-order chi connectivity index (χ1) is 6.50. The van der Waals surface area contributed by atoms with Crippen LogP contribution in [0.15, 0.2) is 23.1 Å². The van der Waals surface area contributed by atoms with Gasteiger partial charge in [0.05, 0.1) is 10.6 Å². The van der Waals surface area contributed by atoms with Gasteiger partial charge in [0.25, 0.3) is 0 Å². The number of hydrogen-bond donors (Lipinski definition) is 1. The minimum Gasteiger partial charge on any atom is -0.324 e. The van der Waals surface area contributed by atoms with E-state index >= 15 is 0 Å². The molecule has 0 unspecified atom stereocenters. The highest BCUT2D eigenvalue weighted by atomic mass is 32.2. The van der Waals surface area contributed by atoms with Gasteiger partial charge >= 0.3 is 0 Å². The van der Waals surface area contributed by atoms with Crippen molar-refractivity contribution in [1.29, 1.82) is 0 Å². The maximum Gasteiger partial charge on any atom is 0.178 e. The minimum absolute atomic E-state index is 0.00458. The Labute approximate surface area is 81.7 Å². The third-order valence-corrected chi connectivity index (χ3v) is 4.20. The third-order valence-electron chi connectivity index (χ3n) is 2.41. The first kappa shape index (κ1) is 9.61. The highest BCUT2D eigenvalue weighted by Crippen LogP contribution is 2.30. The van der Waals surface area contributed by atoms with Crippen LogP contribution in [-0.4, -0.2) is 14.2 Å². The van der Waals surface area contributed by atoms with Gasteiger partial charge in [-0.2, -0.15) is 0 Å². The van der Waals surface area contributed by atoms with E-state index in [1.54, 1.807) is 0 Å². The van der Waals surface area contributed by atoms with E-state index in [4.69, 9.17) is 5.73 Å². The second-order valence-corrected chi connectivity index (χ2v) is 5.47. The lowest BCUT2D eigenvalue weighted by Gasteiger charge is -2.21. The van der Waals surface area contributed by atoms with Gasteiger partial charge in [0, 0.05) is 6.04 Å². The minimum atomic E-state index is -3.32. The summed E-state index contributed by atoms with van der Waals surface area (Å²) in [5.41, 5.74) is 6.26. The molecule has 76 valence electrons. The van der Waals surface area contributed by atoms with Crippen LogP contribution in [0.25, 0.3) is 0 Å². The summed E-state index contributed by atoms with van der Waals surface area (Å²) >= 11 is 0. The molecule has 1 heterocycles. The van der Waals surface area contributed by atoms with E-state index in [1.165, 1.54) is 12.1 Å². The van der Waals surface area contributed by atoms with E-state index in [9.17, 15) is 12.8 Å². The molecule has 2 N–H and O–H groups in total. The summed E-state index contributed by atoms with van der Waals surface area (Å²) in [7, 11) is -3.32. The molecule has 0 saturated heterocycles. The molecule has 1 atom stereocenters. The van der Waals surface area contributed by atoms with E-state index in [0.717, 1.165) is 6.07 Å². The van der Waals surface area contributed by atoms with Gasteiger partial charge in [-0.1, -0.05) is 6.07 Å². The first-order valence-electron chi connectivity index (χ1n) is 4.28. The predicted molar refractivity (Wildman–Crippen MR) is 50.0 cm³/mol. The lowest BCUT2D eigenvalue weighted by Crippen LogP contribution is -2.25.